The molecule has 0 atom stereocenters. The average molecular weight is 307 g/mol. The van der Waals surface area contributed by atoms with Crippen molar-refractivity contribution < 1.29 is 9.84 Å². The summed E-state index contributed by atoms with van der Waals surface area (Å²) < 4.78 is 6.77. The summed E-state index contributed by atoms with van der Waals surface area (Å²) in [5, 5.41) is 9.33. The van der Waals surface area contributed by atoms with Crippen LogP contribution in [0.15, 0.2) is 40.9 Å². The third-order valence-electron chi connectivity index (χ3n) is 2.62. The monoisotopic (exact) mass is 306 g/mol. The largest absolute Gasteiger partial charge is 0.457 e. The molecule has 2 aromatic rings. The van der Waals surface area contributed by atoms with Crippen LogP contribution in [0, 0.1) is 13.8 Å². The number of hydrogen-bond donors (Lipinski definition) is 1. The Morgan fingerprint density at radius 3 is 2.33 bits per heavy atom. The van der Waals surface area contributed by atoms with Gasteiger partial charge in [0.2, 0.25) is 0 Å². The maximum atomic E-state index is 9.33. The van der Waals surface area contributed by atoms with E-state index in [1.54, 1.807) is 0 Å². The highest BCUT2D eigenvalue weighted by Gasteiger charge is 2.05. The number of rotatable bonds is 3. The van der Waals surface area contributed by atoms with Crippen LogP contribution in [0.4, 0.5) is 0 Å². The van der Waals surface area contributed by atoms with Gasteiger partial charge in [0.1, 0.15) is 11.5 Å². The zero-order valence-corrected chi connectivity index (χ0v) is 12.0. The Kier molecular flexibility index (Phi) is 4.04. The highest BCUT2D eigenvalue weighted by molar-refractivity contribution is 9.10. The Hall–Kier alpha value is -1.32. The van der Waals surface area contributed by atoms with Crippen molar-refractivity contribution in [3.63, 3.8) is 0 Å². The number of aliphatic hydroxyl groups is 1. The smallest absolute Gasteiger partial charge is 0.133 e. The second-order valence-corrected chi connectivity index (χ2v) is 5.25. The summed E-state index contributed by atoms with van der Waals surface area (Å²) in [6, 6.07) is 11.7. The molecule has 0 spiro atoms. The first-order valence-electron chi connectivity index (χ1n) is 5.74. The van der Waals surface area contributed by atoms with Crippen LogP contribution in [-0.4, -0.2) is 5.11 Å². The second-order valence-electron chi connectivity index (χ2n) is 4.34. The minimum absolute atomic E-state index is 0.0421. The van der Waals surface area contributed by atoms with E-state index in [-0.39, 0.29) is 6.61 Å². The lowest BCUT2D eigenvalue weighted by Gasteiger charge is -2.11. The Morgan fingerprint density at radius 2 is 1.72 bits per heavy atom. The first-order valence-corrected chi connectivity index (χ1v) is 6.53. The van der Waals surface area contributed by atoms with Gasteiger partial charge in [-0.3, -0.25) is 0 Å². The van der Waals surface area contributed by atoms with E-state index in [1.165, 1.54) is 0 Å². The molecule has 2 rings (SSSR count). The van der Waals surface area contributed by atoms with Crippen LogP contribution in [0.25, 0.3) is 0 Å². The first kappa shape index (κ1) is 13.1. The molecule has 0 amide bonds. The lowest BCUT2D eigenvalue weighted by Crippen LogP contribution is -1.92. The van der Waals surface area contributed by atoms with E-state index in [2.05, 4.69) is 22.0 Å². The molecule has 0 radical (unpaired) electrons. The molecule has 0 unspecified atom stereocenters. The predicted molar refractivity (Wildman–Crippen MR) is 76.1 cm³/mol. The fourth-order valence-electron chi connectivity index (χ4n) is 1.89. The Labute approximate surface area is 115 Å². The summed E-state index contributed by atoms with van der Waals surface area (Å²) >= 11 is 3.38. The second kappa shape index (κ2) is 5.55. The van der Waals surface area contributed by atoms with Gasteiger partial charge in [-0.25, -0.2) is 0 Å². The van der Waals surface area contributed by atoms with Crippen LogP contribution in [0.1, 0.15) is 16.7 Å². The van der Waals surface area contributed by atoms with E-state index in [0.29, 0.717) is 5.75 Å². The third kappa shape index (κ3) is 3.12. The predicted octanol–water partition coefficient (Wildman–Crippen LogP) is 4.35. The molecule has 0 aliphatic rings. The maximum absolute atomic E-state index is 9.33. The molecule has 0 aromatic heterocycles. The Balaban J connectivity index is 2.33. The van der Waals surface area contributed by atoms with E-state index in [4.69, 9.17) is 4.74 Å². The molecule has 0 aliphatic carbocycles. The topological polar surface area (TPSA) is 29.5 Å². The molecule has 1 N–H and O–H groups in total. The van der Waals surface area contributed by atoms with Crippen molar-refractivity contribution in [2.75, 3.05) is 0 Å². The van der Waals surface area contributed by atoms with Crippen molar-refractivity contribution in [2.45, 2.75) is 20.5 Å². The van der Waals surface area contributed by atoms with E-state index < -0.39 is 0 Å². The SMILES string of the molecule is Cc1cc(C)cc(Oc2ccc(Br)cc2CO)c1. The summed E-state index contributed by atoms with van der Waals surface area (Å²) in [5.74, 6) is 1.48. The van der Waals surface area contributed by atoms with Crippen LogP contribution >= 0.6 is 15.9 Å². The molecule has 2 nitrogen and oxygen atoms in total. The number of ether oxygens (including phenoxy) is 1. The first-order chi connectivity index (χ1) is 8.58. The standard InChI is InChI=1S/C15H15BrO2/c1-10-5-11(2)7-14(6-10)18-15-4-3-13(16)8-12(15)9-17/h3-8,17H,9H2,1-2H3. The van der Waals surface area contributed by atoms with Gasteiger partial charge in [0.25, 0.3) is 0 Å². The molecule has 0 fully saturated rings. The highest BCUT2D eigenvalue weighted by Crippen LogP contribution is 2.29. The van der Waals surface area contributed by atoms with Gasteiger partial charge < -0.3 is 9.84 Å². The number of aliphatic hydroxyl groups excluding tert-OH is 1. The van der Waals surface area contributed by atoms with E-state index in [9.17, 15) is 5.11 Å². The van der Waals surface area contributed by atoms with Gasteiger partial charge in [-0.1, -0.05) is 22.0 Å². The number of halogens is 1. The van der Waals surface area contributed by atoms with Gasteiger partial charge in [-0.15, -0.1) is 0 Å². The number of hydrogen-bond acceptors (Lipinski definition) is 2. The van der Waals surface area contributed by atoms with E-state index >= 15 is 0 Å². The molecule has 2 aromatic carbocycles. The summed E-state index contributed by atoms with van der Waals surface area (Å²) in [5.41, 5.74) is 3.09. The average Bonchev–Trinajstić information content (AvgIpc) is 2.30. The van der Waals surface area contributed by atoms with Crippen LogP contribution < -0.4 is 4.74 Å². The zero-order chi connectivity index (χ0) is 13.1. The van der Waals surface area contributed by atoms with Crippen molar-refractivity contribution in [1.82, 2.24) is 0 Å². The molecule has 94 valence electrons. The fraction of sp³-hybridized carbons (Fsp3) is 0.200. The molecule has 0 aliphatic heterocycles. The Morgan fingerprint density at radius 1 is 1.06 bits per heavy atom. The van der Waals surface area contributed by atoms with Gasteiger partial charge in [0.05, 0.1) is 6.61 Å². The van der Waals surface area contributed by atoms with Crippen LogP contribution in [0.3, 0.4) is 0 Å². The van der Waals surface area contributed by atoms with Crippen molar-refractivity contribution in [3.05, 3.63) is 57.6 Å². The number of aryl methyl sites for hydroxylation is 2. The summed E-state index contributed by atoms with van der Waals surface area (Å²) in [7, 11) is 0. The summed E-state index contributed by atoms with van der Waals surface area (Å²) in [4.78, 5) is 0. The molecular weight excluding hydrogens is 292 g/mol. The number of benzene rings is 2. The van der Waals surface area contributed by atoms with Crippen molar-refractivity contribution in [2.24, 2.45) is 0 Å². The highest BCUT2D eigenvalue weighted by atomic mass is 79.9. The minimum atomic E-state index is -0.0421. The van der Waals surface area contributed by atoms with E-state index in [0.717, 1.165) is 26.9 Å². The zero-order valence-electron chi connectivity index (χ0n) is 10.4. The molecule has 0 heterocycles. The van der Waals surface area contributed by atoms with Crippen molar-refractivity contribution in [1.29, 1.82) is 0 Å². The van der Waals surface area contributed by atoms with Gasteiger partial charge in [-0.2, -0.15) is 0 Å². The minimum Gasteiger partial charge on any atom is -0.457 e. The molecule has 0 bridgehead atoms. The Bertz CT molecular complexity index is 544. The van der Waals surface area contributed by atoms with Crippen LogP contribution in [0.5, 0.6) is 11.5 Å². The van der Waals surface area contributed by atoms with E-state index in [1.807, 2.05) is 44.2 Å². The summed E-state index contributed by atoms with van der Waals surface area (Å²) in [6.45, 7) is 4.03. The lowest BCUT2D eigenvalue weighted by atomic mass is 10.1. The lowest BCUT2D eigenvalue weighted by molar-refractivity contribution is 0.276. The molecular formula is C15H15BrO2. The van der Waals surface area contributed by atoms with Crippen LogP contribution in [0.2, 0.25) is 0 Å². The van der Waals surface area contributed by atoms with Crippen molar-refractivity contribution >= 4 is 15.9 Å². The van der Waals surface area contributed by atoms with Gasteiger partial charge in [-0.05, 0) is 55.3 Å². The fourth-order valence-corrected chi connectivity index (χ4v) is 2.30. The molecule has 0 saturated heterocycles. The molecule has 0 saturated carbocycles. The van der Waals surface area contributed by atoms with Gasteiger partial charge in [0, 0.05) is 10.0 Å². The summed E-state index contributed by atoms with van der Waals surface area (Å²) in [6.07, 6.45) is 0. The van der Waals surface area contributed by atoms with Crippen LogP contribution in [-0.2, 0) is 6.61 Å². The van der Waals surface area contributed by atoms with Gasteiger partial charge in [0.15, 0.2) is 0 Å². The normalized spacial score (nSPS) is 10.4. The quantitative estimate of drug-likeness (QED) is 0.913. The maximum Gasteiger partial charge on any atom is 0.133 e. The molecule has 3 heteroatoms. The van der Waals surface area contributed by atoms with Gasteiger partial charge >= 0.3 is 0 Å². The van der Waals surface area contributed by atoms with Crippen molar-refractivity contribution in [3.8, 4) is 11.5 Å². The third-order valence-corrected chi connectivity index (χ3v) is 3.11. The molecule has 18 heavy (non-hydrogen) atoms.